The van der Waals surface area contributed by atoms with Gasteiger partial charge in [0, 0.05) is 12.5 Å². The molecule has 2 rings (SSSR count). The minimum Gasteiger partial charge on any atom is -0.469 e. The molecule has 24 heavy (non-hydrogen) atoms. The van der Waals surface area contributed by atoms with Gasteiger partial charge in [0.15, 0.2) is 0 Å². The normalized spacial score (nSPS) is 10.1. The molecule has 0 radical (unpaired) electrons. The van der Waals surface area contributed by atoms with Crippen LogP contribution in [0.5, 0.6) is 0 Å². The number of carbonyl (C=O) groups excluding carboxylic acids is 2. The lowest BCUT2D eigenvalue weighted by atomic mass is 10.2. The van der Waals surface area contributed by atoms with E-state index < -0.39 is 0 Å². The molecule has 0 N–H and O–H groups in total. The number of furan rings is 2. The number of hydrogen-bond donors (Lipinski definition) is 0. The number of aryl methyl sites for hydroxylation is 1. The van der Waals surface area contributed by atoms with Gasteiger partial charge in [0.05, 0.1) is 32.2 Å². The third-order valence-electron chi connectivity index (χ3n) is 2.67. The van der Waals surface area contributed by atoms with Gasteiger partial charge in [0.25, 0.3) is 0 Å². The molecule has 0 aliphatic carbocycles. The van der Waals surface area contributed by atoms with Crippen LogP contribution in [0.15, 0.2) is 51.7 Å². The van der Waals surface area contributed by atoms with Crippen LogP contribution in [0.2, 0.25) is 0 Å². The Bertz CT molecular complexity index is 596. The highest BCUT2D eigenvalue weighted by atomic mass is 16.5. The van der Waals surface area contributed by atoms with Crippen molar-refractivity contribution in [2.24, 2.45) is 0 Å². The van der Waals surface area contributed by atoms with E-state index in [1.54, 1.807) is 50.6 Å². The largest absolute Gasteiger partial charge is 0.469 e. The molecule has 0 unspecified atom stereocenters. The summed E-state index contributed by atoms with van der Waals surface area (Å²) < 4.78 is 19.5. The van der Waals surface area contributed by atoms with Crippen molar-refractivity contribution in [1.29, 1.82) is 0 Å². The summed E-state index contributed by atoms with van der Waals surface area (Å²) in [5, 5.41) is 0. The van der Waals surface area contributed by atoms with Crippen LogP contribution < -0.4 is 0 Å². The summed E-state index contributed by atoms with van der Waals surface area (Å²) in [5.74, 6) is 0.939. The molecule has 0 bridgehead atoms. The van der Waals surface area contributed by atoms with Crippen LogP contribution in [0, 0.1) is 0 Å². The van der Waals surface area contributed by atoms with E-state index in [1.807, 2.05) is 6.07 Å². The van der Waals surface area contributed by atoms with E-state index in [1.165, 1.54) is 6.08 Å². The van der Waals surface area contributed by atoms with Gasteiger partial charge in [-0.25, -0.2) is 4.79 Å². The minimum atomic E-state index is -0.353. The Kier molecular flexibility index (Phi) is 9.45. The molecule has 0 atom stereocenters. The van der Waals surface area contributed by atoms with Crippen LogP contribution in [-0.4, -0.2) is 25.2 Å². The molecule has 0 aliphatic heterocycles. The molecule has 0 aliphatic rings. The summed E-state index contributed by atoms with van der Waals surface area (Å²) in [5.41, 5.74) is 0. The van der Waals surface area contributed by atoms with Gasteiger partial charge in [0.1, 0.15) is 11.5 Å². The zero-order valence-electron chi connectivity index (χ0n) is 13.9. The lowest BCUT2D eigenvalue weighted by molar-refractivity contribution is -0.143. The average Bonchev–Trinajstić information content (AvgIpc) is 3.26. The first-order chi connectivity index (χ1) is 11.7. The molecular weight excluding hydrogens is 312 g/mol. The van der Waals surface area contributed by atoms with Crippen LogP contribution >= 0.6 is 0 Å². The lowest BCUT2D eigenvalue weighted by Gasteiger charge is -1.98. The summed E-state index contributed by atoms with van der Waals surface area (Å²) in [6, 6.07) is 7.17. The van der Waals surface area contributed by atoms with Crippen molar-refractivity contribution >= 4 is 18.0 Å². The van der Waals surface area contributed by atoms with E-state index in [-0.39, 0.29) is 11.9 Å². The first kappa shape index (κ1) is 19.3. The van der Waals surface area contributed by atoms with Crippen molar-refractivity contribution in [3.63, 3.8) is 0 Å². The lowest BCUT2D eigenvalue weighted by Crippen LogP contribution is -2.04. The zero-order chi connectivity index (χ0) is 17.6. The van der Waals surface area contributed by atoms with Crippen molar-refractivity contribution in [2.45, 2.75) is 26.7 Å². The van der Waals surface area contributed by atoms with Crippen LogP contribution in [0.4, 0.5) is 0 Å². The fraction of sp³-hybridized carbons (Fsp3) is 0.333. The average molecular weight is 334 g/mol. The van der Waals surface area contributed by atoms with Crippen molar-refractivity contribution in [2.75, 3.05) is 13.2 Å². The molecule has 0 amide bonds. The van der Waals surface area contributed by atoms with Crippen molar-refractivity contribution in [3.05, 3.63) is 54.4 Å². The van der Waals surface area contributed by atoms with Gasteiger partial charge < -0.3 is 18.3 Å². The Morgan fingerprint density at radius 1 is 1.04 bits per heavy atom. The SMILES string of the molecule is CCOC(=O)/C=C/c1ccco1.CCOC(=O)CCc1ccco1. The maximum atomic E-state index is 10.9. The summed E-state index contributed by atoms with van der Waals surface area (Å²) in [6.07, 6.45) is 7.05. The van der Waals surface area contributed by atoms with Gasteiger partial charge in [-0.05, 0) is 44.2 Å². The number of esters is 2. The first-order valence-corrected chi connectivity index (χ1v) is 7.72. The highest BCUT2D eigenvalue weighted by molar-refractivity contribution is 5.86. The smallest absolute Gasteiger partial charge is 0.330 e. The van der Waals surface area contributed by atoms with E-state index >= 15 is 0 Å². The maximum absolute atomic E-state index is 10.9. The van der Waals surface area contributed by atoms with E-state index in [0.717, 1.165) is 5.76 Å². The van der Waals surface area contributed by atoms with E-state index in [4.69, 9.17) is 13.6 Å². The number of rotatable bonds is 7. The fourth-order valence-corrected chi connectivity index (χ4v) is 1.64. The Balaban J connectivity index is 0.000000240. The molecule has 6 nitrogen and oxygen atoms in total. The molecule has 0 fully saturated rings. The van der Waals surface area contributed by atoms with Crippen molar-refractivity contribution in [1.82, 2.24) is 0 Å². The Morgan fingerprint density at radius 3 is 2.33 bits per heavy atom. The van der Waals surface area contributed by atoms with Crippen LogP contribution in [0.1, 0.15) is 31.8 Å². The second-order valence-electron chi connectivity index (χ2n) is 4.49. The van der Waals surface area contributed by atoms with Crippen molar-refractivity contribution < 1.29 is 27.9 Å². The van der Waals surface area contributed by atoms with Crippen LogP contribution in [0.25, 0.3) is 6.08 Å². The summed E-state index contributed by atoms with van der Waals surface area (Å²) in [6.45, 7) is 4.39. The monoisotopic (exact) mass is 334 g/mol. The van der Waals surface area contributed by atoms with E-state index in [0.29, 0.717) is 31.8 Å². The van der Waals surface area contributed by atoms with E-state index in [2.05, 4.69) is 4.74 Å². The second kappa shape index (κ2) is 11.8. The molecule has 2 aromatic heterocycles. The maximum Gasteiger partial charge on any atom is 0.330 e. The molecule has 0 saturated heterocycles. The van der Waals surface area contributed by atoms with Gasteiger partial charge in [-0.15, -0.1) is 0 Å². The molecule has 0 aromatic carbocycles. The molecule has 2 heterocycles. The molecule has 2 aromatic rings. The minimum absolute atomic E-state index is 0.172. The number of carbonyl (C=O) groups is 2. The molecule has 0 saturated carbocycles. The summed E-state index contributed by atoms with van der Waals surface area (Å²) >= 11 is 0. The molecule has 130 valence electrons. The summed E-state index contributed by atoms with van der Waals surface area (Å²) in [4.78, 5) is 21.7. The first-order valence-electron chi connectivity index (χ1n) is 7.72. The number of hydrogen-bond acceptors (Lipinski definition) is 6. The van der Waals surface area contributed by atoms with Gasteiger partial charge in [-0.2, -0.15) is 0 Å². The predicted octanol–water partition coefficient (Wildman–Crippen LogP) is 3.63. The zero-order valence-corrected chi connectivity index (χ0v) is 13.9. The quantitative estimate of drug-likeness (QED) is 0.568. The Labute approximate surface area is 141 Å². The van der Waals surface area contributed by atoms with Gasteiger partial charge in [0.2, 0.25) is 0 Å². The molecular formula is C18H22O6. The number of ether oxygens (including phenoxy) is 2. The highest BCUT2D eigenvalue weighted by Gasteiger charge is 2.03. The fourth-order valence-electron chi connectivity index (χ4n) is 1.64. The Hall–Kier alpha value is -2.76. The molecule has 0 spiro atoms. The van der Waals surface area contributed by atoms with Crippen LogP contribution in [-0.2, 0) is 25.5 Å². The highest BCUT2D eigenvalue weighted by Crippen LogP contribution is 2.04. The third-order valence-corrected chi connectivity index (χ3v) is 2.67. The van der Waals surface area contributed by atoms with Gasteiger partial charge in [-0.3, -0.25) is 4.79 Å². The van der Waals surface area contributed by atoms with Crippen LogP contribution in [0.3, 0.4) is 0 Å². The third kappa shape index (κ3) is 8.63. The molecule has 6 heteroatoms. The van der Waals surface area contributed by atoms with Crippen molar-refractivity contribution in [3.8, 4) is 0 Å². The van der Waals surface area contributed by atoms with Gasteiger partial charge in [-0.1, -0.05) is 0 Å². The Morgan fingerprint density at radius 2 is 1.75 bits per heavy atom. The second-order valence-corrected chi connectivity index (χ2v) is 4.49. The predicted molar refractivity (Wildman–Crippen MR) is 88.0 cm³/mol. The summed E-state index contributed by atoms with van der Waals surface area (Å²) in [7, 11) is 0. The van der Waals surface area contributed by atoms with E-state index in [9.17, 15) is 9.59 Å². The van der Waals surface area contributed by atoms with Gasteiger partial charge >= 0.3 is 11.9 Å². The standard InChI is InChI=1S/C9H12O3.C9H10O3/c2*1-2-11-9(10)6-5-8-4-3-7-12-8/h3-4,7H,2,5-6H2,1H3;3-7H,2H2,1H3/b;6-5+. The topological polar surface area (TPSA) is 78.9 Å².